The highest BCUT2D eigenvalue weighted by molar-refractivity contribution is 6.42. The lowest BCUT2D eigenvalue weighted by Gasteiger charge is -2.15. The van der Waals surface area contributed by atoms with Crippen LogP contribution in [-0.4, -0.2) is 23.7 Å². The fourth-order valence-electron chi connectivity index (χ4n) is 2.40. The zero-order chi connectivity index (χ0) is 18.4. The van der Waals surface area contributed by atoms with Gasteiger partial charge in [0.25, 0.3) is 0 Å². The lowest BCUT2D eigenvalue weighted by atomic mass is 9.91. The Morgan fingerprint density at radius 1 is 1.00 bits per heavy atom. The summed E-state index contributed by atoms with van der Waals surface area (Å²) in [6.07, 6.45) is -0.469. The van der Waals surface area contributed by atoms with E-state index in [9.17, 15) is 14.7 Å². The summed E-state index contributed by atoms with van der Waals surface area (Å²) in [5, 5.41) is 9.93. The maximum atomic E-state index is 12.4. The van der Waals surface area contributed by atoms with Crippen LogP contribution in [0.25, 0.3) is 5.57 Å². The van der Waals surface area contributed by atoms with E-state index in [0.717, 1.165) is 0 Å². The van der Waals surface area contributed by atoms with Gasteiger partial charge in [-0.25, -0.2) is 4.79 Å². The van der Waals surface area contributed by atoms with Crippen molar-refractivity contribution in [1.29, 1.82) is 0 Å². The van der Waals surface area contributed by atoms with E-state index in [1.54, 1.807) is 49.4 Å². The van der Waals surface area contributed by atoms with Crippen LogP contribution in [0.1, 0.15) is 24.5 Å². The number of carboxylic acids is 1. The molecule has 2 aromatic carbocycles. The average molecular weight is 379 g/mol. The molecular formula is C19H16Cl2O4. The van der Waals surface area contributed by atoms with Crippen LogP contribution >= 0.6 is 23.2 Å². The number of esters is 1. The molecule has 1 N–H and O–H groups in total. The van der Waals surface area contributed by atoms with E-state index in [-0.39, 0.29) is 12.2 Å². The normalized spacial score (nSPS) is 11.6. The van der Waals surface area contributed by atoms with Gasteiger partial charge in [-0.2, -0.15) is 0 Å². The van der Waals surface area contributed by atoms with Gasteiger partial charge in [0.05, 0.1) is 28.6 Å². The van der Waals surface area contributed by atoms with Gasteiger partial charge < -0.3 is 9.84 Å². The van der Waals surface area contributed by atoms with Crippen LogP contribution < -0.4 is 0 Å². The average Bonchev–Trinajstić information content (AvgIpc) is 2.58. The minimum Gasteiger partial charge on any atom is -0.481 e. The van der Waals surface area contributed by atoms with Gasteiger partial charge in [0.15, 0.2) is 0 Å². The first-order chi connectivity index (χ1) is 11.9. The lowest BCUT2D eigenvalue weighted by Crippen LogP contribution is -2.14. The van der Waals surface area contributed by atoms with E-state index in [1.807, 2.05) is 6.07 Å². The molecule has 0 aliphatic heterocycles. The number of carbonyl (C=O) groups is 2. The van der Waals surface area contributed by atoms with Gasteiger partial charge in [-0.1, -0.05) is 59.6 Å². The lowest BCUT2D eigenvalue weighted by molar-refractivity contribution is -0.142. The van der Waals surface area contributed by atoms with E-state index in [0.29, 0.717) is 26.7 Å². The van der Waals surface area contributed by atoms with E-state index >= 15 is 0 Å². The first-order valence-electron chi connectivity index (χ1n) is 7.57. The smallest absolute Gasteiger partial charge is 0.335 e. The molecule has 0 saturated heterocycles. The maximum absolute atomic E-state index is 12.4. The summed E-state index contributed by atoms with van der Waals surface area (Å²) < 4.78 is 5.06. The molecule has 0 aliphatic rings. The minimum atomic E-state index is -1.13. The van der Waals surface area contributed by atoms with Crippen molar-refractivity contribution in [2.75, 3.05) is 6.61 Å². The number of carboxylic acid groups (broad SMARTS) is 1. The van der Waals surface area contributed by atoms with Gasteiger partial charge in [0.2, 0.25) is 0 Å². The van der Waals surface area contributed by atoms with E-state index in [1.165, 1.54) is 0 Å². The standard InChI is InChI=1S/C19H16Cl2O4/c1-2-25-19(24)14(11-17(22)23)18(12-6-4-3-5-7-12)13-8-9-15(20)16(21)10-13/h3-10H,2,11H2,1H3,(H,22,23)/b18-14-. The third-order valence-electron chi connectivity index (χ3n) is 3.42. The van der Waals surface area contributed by atoms with Crippen LogP contribution in [0.5, 0.6) is 0 Å². The van der Waals surface area contributed by atoms with Crippen LogP contribution in [0.15, 0.2) is 54.1 Å². The van der Waals surface area contributed by atoms with E-state index in [4.69, 9.17) is 27.9 Å². The van der Waals surface area contributed by atoms with Gasteiger partial charge in [0.1, 0.15) is 0 Å². The molecule has 130 valence electrons. The topological polar surface area (TPSA) is 63.6 Å². The number of aliphatic carboxylic acids is 1. The van der Waals surface area contributed by atoms with E-state index < -0.39 is 18.4 Å². The Balaban J connectivity index is 2.75. The predicted molar refractivity (Wildman–Crippen MR) is 97.8 cm³/mol. The number of carbonyl (C=O) groups excluding carboxylic acids is 1. The summed E-state index contributed by atoms with van der Waals surface area (Å²) in [6, 6.07) is 13.9. The fraction of sp³-hybridized carbons (Fsp3) is 0.158. The van der Waals surface area contributed by atoms with Gasteiger partial charge in [-0.3, -0.25) is 4.79 Å². The molecule has 4 nitrogen and oxygen atoms in total. The largest absolute Gasteiger partial charge is 0.481 e. The second kappa shape index (κ2) is 8.70. The van der Waals surface area contributed by atoms with Crippen molar-refractivity contribution < 1.29 is 19.4 Å². The molecule has 0 saturated carbocycles. The number of ether oxygens (including phenoxy) is 1. The summed E-state index contributed by atoms with van der Waals surface area (Å²) in [5.74, 6) is -1.80. The summed E-state index contributed by atoms with van der Waals surface area (Å²) in [6.45, 7) is 1.81. The molecule has 0 spiro atoms. The van der Waals surface area contributed by atoms with E-state index in [2.05, 4.69) is 0 Å². The molecule has 0 heterocycles. The first-order valence-corrected chi connectivity index (χ1v) is 8.32. The Morgan fingerprint density at radius 2 is 1.68 bits per heavy atom. The van der Waals surface area contributed by atoms with Crippen molar-refractivity contribution in [3.05, 3.63) is 75.3 Å². The van der Waals surface area contributed by atoms with Gasteiger partial charge in [-0.05, 0) is 35.8 Å². The number of halogens is 2. The van der Waals surface area contributed by atoms with Crippen molar-refractivity contribution in [3.63, 3.8) is 0 Å². The van der Waals surface area contributed by atoms with Crippen LogP contribution in [0.3, 0.4) is 0 Å². The third-order valence-corrected chi connectivity index (χ3v) is 4.16. The quantitative estimate of drug-likeness (QED) is 0.577. The van der Waals surface area contributed by atoms with Crippen molar-refractivity contribution in [2.24, 2.45) is 0 Å². The molecule has 0 unspecified atom stereocenters. The molecule has 0 amide bonds. The SMILES string of the molecule is CCOC(=O)/C(CC(=O)O)=C(/c1ccccc1)c1ccc(Cl)c(Cl)c1. The summed E-state index contributed by atoms with van der Waals surface area (Å²) in [4.78, 5) is 23.7. The second-order valence-corrected chi connectivity index (χ2v) is 5.95. The number of benzene rings is 2. The van der Waals surface area contributed by atoms with Crippen molar-refractivity contribution >= 4 is 40.7 Å². The highest BCUT2D eigenvalue weighted by Crippen LogP contribution is 2.33. The molecule has 0 atom stereocenters. The predicted octanol–water partition coefficient (Wildman–Crippen LogP) is 4.83. The molecule has 0 aromatic heterocycles. The Labute approximate surface area is 155 Å². The molecule has 0 bridgehead atoms. The van der Waals surface area contributed by atoms with Gasteiger partial charge in [0, 0.05) is 0 Å². The first kappa shape index (κ1) is 19.0. The van der Waals surface area contributed by atoms with Crippen molar-refractivity contribution in [3.8, 4) is 0 Å². The van der Waals surface area contributed by atoms with Crippen LogP contribution in [0.2, 0.25) is 10.0 Å². The Bertz CT molecular complexity index is 813. The number of rotatable bonds is 6. The second-order valence-electron chi connectivity index (χ2n) is 5.14. The summed E-state index contributed by atoms with van der Waals surface area (Å²) in [5.41, 5.74) is 1.79. The summed E-state index contributed by atoms with van der Waals surface area (Å²) in [7, 11) is 0. The van der Waals surface area contributed by atoms with Crippen molar-refractivity contribution in [2.45, 2.75) is 13.3 Å². The van der Waals surface area contributed by atoms with Crippen LogP contribution in [0.4, 0.5) is 0 Å². The molecular weight excluding hydrogens is 363 g/mol. The van der Waals surface area contributed by atoms with Crippen LogP contribution in [-0.2, 0) is 14.3 Å². The maximum Gasteiger partial charge on any atom is 0.335 e. The molecule has 0 fully saturated rings. The molecule has 0 radical (unpaired) electrons. The van der Waals surface area contributed by atoms with Gasteiger partial charge >= 0.3 is 11.9 Å². The summed E-state index contributed by atoms with van der Waals surface area (Å²) >= 11 is 12.1. The zero-order valence-electron chi connectivity index (χ0n) is 13.5. The zero-order valence-corrected chi connectivity index (χ0v) is 15.0. The molecule has 25 heavy (non-hydrogen) atoms. The Kier molecular flexibility index (Phi) is 6.62. The fourth-order valence-corrected chi connectivity index (χ4v) is 2.70. The monoisotopic (exact) mass is 378 g/mol. The molecule has 2 rings (SSSR count). The third kappa shape index (κ3) is 4.84. The molecule has 2 aromatic rings. The van der Waals surface area contributed by atoms with Gasteiger partial charge in [-0.15, -0.1) is 0 Å². The number of hydrogen-bond donors (Lipinski definition) is 1. The highest BCUT2D eigenvalue weighted by atomic mass is 35.5. The Hall–Kier alpha value is -2.30. The highest BCUT2D eigenvalue weighted by Gasteiger charge is 2.22. The minimum absolute atomic E-state index is 0.0546. The van der Waals surface area contributed by atoms with Crippen molar-refractivity contribution in [1.82, 2.24) is 0 Å². The number of hydrogen-bond acceptors (Lipinski definition) is 3. The van der Waals surface area contributed by atoms with Crippen LogP contribution in [0, 0.1) is 0 Å². The molecule has 0 aliphatic carbocycles. The Morgan fingerprint density at radius 3 is 2.24 bits per heavy atom. The molecule has 6 heteroatoms.